The fourth-order valence-electron chi connectivity index (χ4n) is 2.43. The zero-order valence-electron chi connectivity index (χ0n) is 14.4. The smallest absolute Gasteiger partial charge is 0.266 e. The minimum atomic E-state index is -0.0681. The van der Waals surface area contributed by atoms with E-state index in [4.69, 9.17) is 21.7 Å². The Hall–Kier alpha value is -2.15. The number of thiocarbonyl (C=S) groups is 1. The lowest BCUT2D eigenvalue weighted by Crippen LogP contribution is -2.31. The normalized spacial score (nSPS) is 15.7. The van der Waals surface area contributed by atoms with Gasteiger partial charge < -0.3 is 9.47 Å². The van der Waals surface area contributed by atoms with Crippen LogP contribution in [0, 0.1) is 0 Å². The van der Waals surface area contributed by atoms with Gasteiger partial charge in [-0.25, -0.2) is 0 Å². The highest BCUT2D eigenvalue weighted by molar-refractivity contribution is 8.26. The van der Waals surface area contributed by atoms with Crippen LogP contribution in [0.25, 0.3) is 6.08 Å². The molecule has 0 aliphatic carbocycles. The van der Waals surface area contributed by atoms with E-state index < -0.39 is 0 Å². The summed E-state index contributed by atoms with van der Waals surface area (Å²) in [5.74, 6) is 0.722. The number of rotatable bonds is 7. The van der Waals surface area contributed by atoms with E-state index in [0.717, 1.165) is 16.9 Å². The molecular weight excluding hydrogens is 366 g/mol. The SMILES string of the molecule is COCCN1C(=O)/C(=C\c2ccc(OCc3ccccc3)cc2)SC1=S. The van der Waals surface area contributed by atoms with Crippen LogP contribution >= 0.6 is 24.0 Å². The van der Waals surface area contributed by atoms with Crippen molar-refractivity contribution in [1.29, 1.82) is 0 Å². The summed E-state index contributed by atoms with van der Waals surface area (Å²) in [5.41, 5.74) is 2.06. The van der Waals surface area contributed by atoms with Crippen molar-refractivity contribution in [2.24, 2.45) is 0 Å². The van der Waals surface area contributed by atoms with Gasteiger partial charge in [-0.1, -0.05) is 66.4 Å². The predicted octanol–water partition coefficient (Wildman–Crippen LogP) is 4.11. The topological polar surface area (TPSA) is 38.8 Å². The number of ether oxygens (including phenoxy) is 2. The predicted molar refractivity (Wildman–Crippen MR) is 109 cm³/mol. The molecule has 0 aromatic heterocycles. The number of hydrogen-bond donors (Lipinski definition) is 0. The Bertz CT molecular complexity index is 804. The zero-order chi connectivity index (χ0) is 18.4. The number of hydrogen-bond acceptors (Lipinski definition) is 5. The molecule has 1 aliphatic rings. The lowest BCUT2D eigenvalue weighted by atomic mass is 10.2. The minimum Gasteiger partial charge on any atom is -0.489 e. The highest BCUT2D eigenvalue weighted by atomic mass is 32.2. The molecule has 1 heterocycles. The maximum absolute atomic E-state index is 12.4. The molecule has 0 N–H and O–H groups in total. The molecule has 26 heavy (non-hydrogen) atoms. The first-order valence-corrected chi connectivity index (χ1v) is 9.41. The molecule has 1 saturated heterocycles. The first kappa shape index (κ1) is 18.6. The second-order valence-electron chi connectivity index (χ2n) is 5.67. The largest absolute Gasteiger partial charge is 0.489 e. The third kappa shape index (κ3) is 4.72. The van der Waals surface area contributed by atoms with Gasteiger partial charge in [0, 0.05) is 7.11 Å². The summed E-state index contributed by atoms with van der Waals surface area (Å²) in [4.78, 5) is 14.6. The first-order valence-electron chi connectivity index (χ1n) is 8.18. The van der Waals surface area contributed by atoms with Gasteiger partial charge in [0.15, 0.2) is 0 Å². The molecule has 0 atom stereocenters. The van der Waals surface area contributed by atoms with Gasteiger partial charge in [0.25, 0.3) is 5.91 Å². The third-order valence-corrected chi connectivity index (χ3v) is 5.20. The summed E-state index contributed by atoms with van der Waals surface area (Å²) < 4.78 is 11.4. The van der Waals surface area contributed by atoms with Crippen LogP contribution in [0.1, 0.15) is 11.1 Å². The number of methoxy groups -OCH3 is 1. The molecule has 0 bridgehead atoms. The quantitative estimate of drug-likeness (QED) is 0.530. The lowest BCUT2D eigenvalue weighted by Gasteiger charge is -2.12. The van der Waals surface area contributed by atoms with E-state index in [0.29, 0.717) is 29.0 Å². The van der Waals surface area contributed by atoms with Crippen LogP contribution in [0.4, 0.5) is 0 Å². The van der Waals surface area contributed by atoms with E-state index in [9.17, 15) is 4.79 Å². The molecule has 1 fully saturated rings. The highest BCUT2D eigenvalue weighted by Gasteiger charge is 2.31. The Labute approximate surface area is 162 Å². The second kappa shape index (κ2) is 8.98. The van der Waals surface area contributed by atoms with Crippen molar-refractivity contribution in [2.75, 3.05) is 20.3 Å². The maximum atomic E-state index is 12.4. The van der Waals surface area contributed by atoms with Crippen molar-refractivity contribution >= 4 is 40.3 Å². The Morgan fingerprint density at radius 1 is 1.12 bits per heavy atom. The van der Waals surface area contributed by atoms with E-state index in [-0.39, 0.29) is 5.91 Å². The molecule has 0 radical (unpaired) electrons. The summed E-state index contributed by atoms with van der Waals surface area (Å²) in [6, 6.07) is 17.7. The second-order valence-corrected chi connectivity index (χ2v) is 7.35. The Morgan fingerprint density at radius 3 is 2.54 bits per heavy atom. The number of amides is 1. The molecule has 4 nitrogen and oxygen atoms in total. The number of benzene rings is 2. The van der Waals surface area contributed by atoms with Gasteiger partial charge in [0.1, 0.15) is 16.7 Å². The molecular formula is C20H19NO3S2. The lowest BCUT2D eigenvalue weighted by molar-refractivity contribution is -0.122. The van der Waals surface area contributed by atoms with Crippen molar-refractivity contribution in [2.45, 2.75) is 6.61 Å². The summed E-state index contributed by atoms with van der Waals surface area (Å²) in [6.07, 6.45) is 1.85. The Morgan fingerprint density at radius 2 is 1.85 bits per heavy atom. The van der Waals surface area contributed by atoms with Gasteiger partial charge in [-0.2, -0.15) is 0 Å². The van der Waals surface area contributed by atoms with Crippen LogP contribution < -0.4 is 4.74 Å². The number of carbonyl (C=O) groups excluding carboxylic acids is 1. The standard InChI is InChI=1S/C20H19NO3S2/c1-23-12-11-21-19(22)18(26-20(21)25)13-15-7-9-17(10-8-15)24-14-16-5-3-2-4-6-16/h2-10,13H,11-12,14H2,1H3/b18-13+. The first-order chi connectivity index (χ1) is 12.7. The van der Waals surface area contributed by atoms with Gasteiger partial charge >= 0.3 is 0 Å². The summed E-state index contributed by atoms with van der Waals surface area (Å²) >= 11 is 6.60. The van der Waals surface area contributed by atoms with E-state index in [1.54, 1.807) is 12.0 Å². The van der Waals surface area contributed by atoms with Crippen LogP contribution in [0.5, 0.6) is 5.75 Å². The Balaban J connectivity index is 1.62. The summed E-state index contributed by atoms with van der Waals surface area (Å²) in [7, 11) is 1.61. The van der Waals surface area contributed by atoms with Crippen molar-refractivity contribution < 1.29 is 14.3 Å². The number of carbonyl (C=O) groups is 1. The molecule has 3 rings (SSSR count). The van der Waals surface area contributed by atoms with Crippen molar-refractivity contribution in [1.82, 2.24) is 4.90 Å². The van der Waals surface area contributed by atoms with Crippen LogP contribution in [-0.2, 0) is 16.1 Å². The average Bonchev–Trinajstić information content (AvgIpc) is 2.93. The van der Waals surface area contributed by atoms with Gasteiger partial charge in [0.2, 0.25) is 0 Å². The van der Waals surface area contributed by atoms with Crippen LogP contribution in [0.3, 0.4) is 0 Å². The zero-order valence-corrected chi connectivity index (χ0v) is 16.0. The molecule has 0 spiro atoms. The molecule has 134 valence electrons. The van der Waals surface area contributed by atoms with Gasteiger partial charge in [-0.3, -0.25) is 9.69 Å². The summed E-state index contributed by atoms with van der Waals surface area (Å²) in [6.45, 7) is 1.47. The monoisotopic (exact) mass is 385 g/mol. The summed E-state index contributed by atoms with van der Waals surface area (Å²) in [5, 5.41) is 0. The van der Waals surface area contributed by atoms with Gasteiger partial charge in [-0.15, -0.1) is 0 Å². The number of nitrogens with zero attached hydrogens (tertiary/aromatic N) is 1. The van der Waals surface area contributed by atoms with Crippen LogP contribution in [-0.4, -0.2) is 35.4 Å². The van der Waals surface area contributed by atoms with E-state index in [1.165, 1.54) is 11.8 Å². The molecule has 1 aliphatic heterocycles. The maximum Gasteiger partial charge on any atom is 0.266 e. The molecule has 2 aromatic rings. The molecule has 6 heteroatoms. The highest BCUT2D eigenvalue weighted by Crippen LogP contribution is 2.32. The van der Waals surface area contributed by atoms with Gasteiger partial charge in [-0.05, 0) is 29.3 Å². The molecule has 0 unspecified atom stereocenters. The van der Waals surface area contributed by atoms with Crippen molar-refractivity contribution in [3.05, 3.63) is 70.6 Å². The molecule has 1 amide bonds. The molecule has 2 aromatic carbocycles. The Kier molecular flexibility index (Phi) is 6.44. The average molecular weight is 386 g/mol. The third-order valence-electron chi connectivity index (χ3n) is 3.82. The van der Waals surface area contributed by atoms with Crippen molar-refractivity contribution in [3.8, 4) is 5.75 Å². The fraction of sp³-hybridized carbons (Fsp3) is 0.200. The fourth-order valence-corrected chi connectivity index (χ4v) is 3.74. The van der Waals surface area contributed by atoms with Crippen LogP contribution in [0.15, 0.2) is 59.5 Å². The van der Waals surface area contributed by atoms with Crippen LogP contribution in [0.2, 0.25) is 0 Å². The van der Waals surface area contributed by atoms with E-state index in [2.05, 4.69) is 0 Å². The molecule has 0 saturated carbocycles. The van der Waals surface area contributed by atoms with Gasteiger partial charge in [0.05, 0.1) is 18.1 Å². The van der Waals surface area contributed by atoms with E-state index >= 15 is 0 Å². The minimum absolute atomic E-state index is 0.0681. The van der Waals surface area contributed by atoms with Crippen molar-refractivity contribution in [3.63, 3.8) is 0 Å². The number of thioether (sulfide) groups is 1. The van der Waals surface area contributed by atoms with E-state index in [1.807, 2.05) is 60.7 Å².